The second-order valence-electron chi connectivity index (χ2n) is 8.98. The molecule has 0 radical (unpaired) electrons. The largest absolute Gasteiger partial charge is 0.507 e. The van der Waals surface area contributed by atoms with Gasteiger partial charge in [0.15, 0.2) is 11.5 Å². The number of carbonyl (C=O) groups excluding carboxylic acids is 3. The van der Waals surface area contributed by atoms with Crippen molar-refractivity contribution in [3.63, 3.8) is 0 Å². The number of alkyl halides is 6. The Hall–Kier alpha value is -4.66. The highest BCUT2D eigenvalue weighted by molar-refractivity contribution is 8.18. The van der Waals surface area contributed by atoms with Crippen LogP contribution in [0.3, 0.4) is 0 Å². The van der Waals surface area contributed by atoms with Crippen LogP contribution in [0, 0.1) is 0 Å². The summed E-state index contributed by atoms with van der Waals surface area (Å²) in [7, 11) is 2.84. The molecule has 0 aliphatic carbocycles. The number of methoxy groups -OCH3 is 2. The summed E-state index contributed by atoms with van der Waals surface area (Å²) >= 11 is 0.409. The molecule has 1 saturated heterocycles. The first-order valence-corrected chi connectivity index (χ1v) is 12.8. The monoisotopic (exact) mass is 626 g/mol. The van der Waals surface area contributed by atoms with Gasteiger partial charge < -0.3 is 19.9 Å². The van der Waals surface area contributed by atoms with Crippen LogP contribution in [0.5, 0.6) is 17.2 Å². The van der Waals surface area contributed by atoms with E-state index in [4.69, 9.17) is 9.47 Å². The van der Waals surface area contributed by atoms with Crippen molar-refractivity contribution in [2.75, 3.05) is 19.5 Å². The molecule has 15 heteroatoms. The van der Waals surface area contributed by atoms with Gasteiger partial charge in [0.2, 0.25) is 0 Å². The number of anilines is 1. The summed E-state index contributed by atoms with van der Waals surface area (Å²) < 4.78 is 89.7. The van der Waals surface area contributed by atoms with Gasteiger partial charge in [-0.2, -0.15) is 26.3 Å². The Morgan fingerprint density at radius 3 is 2.12 bits per heavy atom. The van der Waals surface area contributed by atoms with E-state index < -0.39 is 58.4 Å². The zero-order chi connectivity index (χ0) is 31.7. The molecule has 226 valence electrons. The van der Waals surface area contributed by atoms with E-state index >= 15 is 0 Å². The van der Waals surface area contributed by atoms with Crippen molar-refractivity contribution in [2.24, 2.45) is 0 Å². The van der Waals surface area contributed by atoms with Crippen molar-refractivity contribution >= 4 is 40.6 Å². The van der Waals surface area contributed by atoms with Gasteiger partial charge in [0.05, 0.1) is 42.4 Å². The fourth-order valence-corrected chi connectivity index (χ4v) is 4.86. The number of nitrogens with one attached hydrogen (secondary N) is 1. The van der Waals surface area contributed by atoms with Gasteiger partial charge in [-0.05, 0) is 71.4 Å². The minimum absolute atomic E-state index is 0.0547. The summed E-state index contributed by atoms with van der Waals surface area (Å²) in [5.41, 5.74) is -3.42. The Bertz CT molecular complexity index is 1600. The van der Waals surface area contributed by atoms with Crippen molar-refractivity contribution in [3.8, 4) is 17.2 Å². The number of carbonyl (C=O) groups is 3. The molecule has 1 aliphatic rings. The molecule has 0 saturated carbocycles. The summed E-state index contributed by atoms with van der Waals surface area (Å²) in [6.45, 7) is -0.844. The van der Waals surface area contributed by atoms with Crippen molar-refractivity contribution in [2.45, 2.75) is 18.9 Å². The van der Waals surface area contributed by atoms with Crippen molar-refractivity contribution in [1.29, 1.82) is 0 Å². The van der Waals surface area contributed by atoms with Gasteiger partial charge in [-0.15, -0.1) is 0 Å². The van der Waals surface area contributed by atoms with Crippen LogP contribution >= 0.6 is 11.8 Å². The van der Waals surface area contributed by atoms with Gasteiger partial charge in [0.25, 0.3) is 17.1 Å². The van der Waals surface area contributed by atoms with E-state index in [2.05, 4.69) is 5.32 Å². The van der Waals surface area contributed by atoms with Gasteiger partial charge in [-0.25, -0.2) is 0 Å². The zero-order valence-corrected chi connectivity index (χ0v) is 22.9. The van der Waals surface area contributed by atoms with E-state index in [0.29, 0.717) is 46.0 Å². The maximum atomic E-state index is 13.2. The maximum absolute atomic E-state index is 13.2. The summed E-state index contributed by atoms with van der Waals surface area (Å²) in [6, 6.07) is 9.09. The van der Waals surface area contributed by atoms with Crippen LogP contribution in [0.2, 0.25) is 0 Å². The lowest BCUT2D eigenvalue weighted by molar-refractivity contribution is -0.143. The Morgan fingerprint density at radius 1 is 0.907 bits per heavy atom. The van der Waals surface area contributed by atoms with Crippen molar-refractivity contribution < 1.29 is 55.3 Å². The van der Waals surface area contributed by atoms with Gasteiger partial charge >= 0.3 is 12.4 Å². The Kier molecular flexibility index (Phi) is 8.67. The summed E-state index contributed by atoms with van der Waals surface area (Å²) in [6.07, 6.45) is -9.00. The predicted octanol–water partition coefficient (Wildman–Crippen LogP) is 6.94. The van der Waals surface area contributed by atoms with Gasteiger partial charge in [-0.3, -0.25) is 19.3 Å². The van der Waals surface area contributed by atoms with Crippen LogP contribution in [0.4, 0.5) is 36.8 Å². The molecule has 1 heterocycles. The van der Waals surface area contributed by atoms with Crippen molar-refractivity contribution in [3.05, 3.63) is 87.3 Å². The predicted molar refractivity (Wildman–Crippen MR) is 144 cm³/mol. The maximum Gasteiger partial charge on any atom is 0.416 e. The number of ether oxygens (including phenoxy) is 2. The number of hydrogen-bond donors (Lipinski definition) is 2. The number of rotatable bonds is 7. The molecule has 2 N–H and O–H groups in total. The number of thioether (sulfide) groups is 1. The molecule has 0 unspecified atom stereocenters. The molecule has 0 aromatic heterocycles. The Balaban J connectivity index is 1.57. The molecule has 8 nitrogen and oxygen atoms in total. The molecule has 1 fully saturated rings. The lowest BCUT2D eigenvalue weighted by atomic mass is 10.0. The van der Waals surface area contributed by atoms with Crippen LogP contribution in [0.1, 0.15) is 32.6 Å². The topological polar surface area (TPSA) is 105 Å². The highest BCUT2D eigenvalue weighted by Crippen LogP contribution is 2.39. The first kappa shape index (κ1) is 31.3. The fourth-order valence-electron chi connectivity index (χ4n) is 4.02. The number of benzene rings is 3. The molecule has 3 amide bonds. The number of amides is 3. The average Bonchev–Trinajstić information content (AvgIpc) is 3.19. The fraction of sp³-hybridized carbons (Fsp3) is 0.179. The molecule has 43 heavy (non-hydrogen) atoms. The van der Waals surface area contributed by atoms with Crippen LogP contribution < -0.4 is 14.8 Å². The third kappa shape index (κ3) is 7.05. The van der Waals surface area contributed by atoms with Gasteiger partial charge in [0.1, 0.15) is 5.75 Å². The number of phenolic OH excluding ortho intramolecular Hbond substituents is 1. The first-order chi connectivity index (χ1) is 20.1. The molecule has 4 rings (SSSR count). The van der Waals surface area contributed by atoms with Gasteiger partial charge in [-0.1, -0.05) is 6.07 Å². The highest BCUT2D eigenvalue weighted by atomic mass is 32.2. The number of imide groups is 1. The lowest BCUT2D eigenvalue weighted by Gasteiger charge is -2.17. The van der Waals surface area contributed by atoms with E-state index in [-0.39, 0.29) is 22.1 Å². The Labute approximate surface area is 243 Å². The first-order valence-electron chi connectivity index (χ1n) is 12.0. The van der Waals surface area contributed by atoms with Crippen molar-refractivity contribution in [1.82, 2.24) is 4.90 Å². The van der Waals surface area contributed by atoms with E-state index in [1.165, 1.54) is 50.6 Å². The molecular weight excluding hydrogens is 606 g/mol. The molecule has 0 bridgehead atoms. The van der Waals surface area contributed by atoms with E-state index in [1.54, 1.807) is 6.07 Å². The molecule has 3 aromatic rings. The Morgan fingerprint density at radius 2 is 1.53 bits per heavy atom. The van der Waals surface area contributed by atoms with E-state index in [0.717, 1.165) is 0 Å². The lowest BCUT2D eigenvalue weighted by Crippen LogP contribution is -2.28. The minimum Gasteiger partial charge on any atom is -0.507 e. The average molecular weight is 627 g/mol. The number of aromatic hydroxyl groups is 1. The van der Waals surface area contributed by atoms with E-state index in [1.807, 2.05) is 0 Å². The van der Waals surface area contributed by atoms with Crippen LogP contribution in [-0.4, -0.2) is 41.3 Å². The summed E-state index contributed by atoms with van der Waals surface area (Å²) in [5.74, 6) is -1.38. The standard InChI is InChI=1S/C28H20F6N2O6S/c1-41-21-6-4-18(12-22(21)42-2)35-24(38)19-9-14(3-5-20(19)37)10-23-25(39)36(26(40)43-23)13-15-7-16(27(29,30)31)11-17(8-15)28(32,33)34/h3-12,37H,13H2,1-2H3,(H,35,38)/b23-10+. The minimum atomic E-state index is -5.10. The third-order valence-electron chi connectivity index (χ3n) is 6.07. The summed E-state index contributed by atoms with van der Waals surface area (Å²) in [4.78, 5) is 38.7. The SMILES string of the molecule is COc1ccc(NC(=O)c2cc(/C=C3/SC(=O)N(Cc4cc(C(F)(F)F)cc(C(F)(F)F)c4)C3=O)ccc2O)cc1OC. The number of phenols is 1. The van der Waals surface area contributed by atoms with Crippen LogP contribution in [-0.2, 0) is 23.7 Å². The second kappa shape index (κ2) is 11.9. The van der Waals surface area contributed by atoms with Crippen LogP contribution in [0.15, 0.2) is 59.5 Å². The van der Waals surface area contributed by atoms with E-state index in [9.17, 15) is 45.8 Å². The summed E-state index contributed by atoms with van der Waals surface area (Å²) in [5, 5.41) is 11.9. The third-order valence-corrected chi connectivity index (χ3v) is 6.97. The number of hydrogen-bond acceptors (Lipinski definition) is 7. The highest BCUT2D eigenvalue weighted by Gasteiger charge is 2.39. The second-order valence-corrected chi connectivity index (χ2v) is 9.98. The van der Waals surface area contributed by atoms with Crippen LogP contribution in [0.25, 0.3) is 6.08 Å². The quantitative estimate of drug-likeness (QED) is 0.216. The van der Waals surface area contributed by atoms with Gasteiger partial charge in [0, 0.05) is 11.8 Å². The molecular formula is C28H20F6N2O6S. The molecule has 0 spiro atoms. The number of nitrogens with zero attached hydrogens (tertiary/aromatic N) is 1. The number of halogens is 6. The molecule has 3 aromatic carbocycles. The smallest absolute Gasteiger partial charge is 0.416 e. The zero-order valence-electron chi connectivity index (χ0n) is 22.1. The molecule has 0 atom stereocenters. The normalized spacial score (nSPS) is 14.8. The molecule has 1 aliphatic heterocycles.